The minimum absolute atomic E-state index is 0.00376. The Hall–Kier alpha value is -3.58. The van der Waals surface area contributed by atoms with Crippen LogP contribution in [0.3, 0.4) is 0 Å². The number of rotatable bonds is 5. The number of nitrogens with zero attached hydrogens (tertiary/aromatic N) is 2. The molecule has 0 fully saturated rings. The number of aromatic nitrogens is 2. The molecule has 8 heteroatoms. The van der Waals surface area contributed by atoms with E-state index < -0.39 is 5.91 Å². The first-order chi connectivity index (χ1) is 15.0. The van der Waals surface area contributed by atoms with Gasteiger partial charge in [-0.05, 0) is 36.3 Å². The summed E-state index contributed by atoms with van der Waals surface area (Å²) in [6.07, 6.45) is 2.68. The molecule has 1 unspecified atom stereocenters. The Bertz CT molecular complexity index is 1100. The highest BCUT2D eigenvalue weighted by molar-refractivity contribution is 6.30. The van der Waals surface area contributed by atoms with Gasteiger partial charge in [-0.3, -0.25) is 9.59 Å². The molecule has 2 heterocycles. The number of allylic oxidation sites excluding steroid dienone is 1. The molecule has 4 N–H and O–H groups in total. The minimum Gasteiger partial charge on any atom is -0.388 e. The van der Waals surface area contributed by atoms with Crippen LogP contribution in [-0.2, 0) is 4.79 Å². The van der Waals surface area contributed by atoms with E-state index in [2.05, 4.69) is 23.3 Å². The van der Waals surface area contributed by atoms with Crippen molar-refractivity contribution in [2.24, 2.45) is 5.73 Å². The maximum Gasteiger partial charge on any atom is 0.254 e. The number of hydrogen-bond acceptors (Lipinski definition) is 5. The van der Waals surface area contributed by atoms with Crippen molar-refractivity contribution in [2.45, 2.75) is 12.5 Å². The van der Waals surface area contributed by atoms with Crippen molar-refractivity contribution >= 4 is 35.3 Å². The van der Waals surface area contributed by atoms with Crippen LogP contribution < -0.4 is 16.4 Å². The molecule has 1 aliphatic heterocycles. The molecule has 2 aromatic carbocycles. The van der Waals surface area contributed by atoms with Gasteiger partial charge in [-0.2, -0.15) is 5.10 Å². The molecule has 0 spiro atoms. The van der Waals surface area contributed by atoms with Crippen molar-refractivity contribution in [1.82, 2.24) is 9.78 Å². The van der Waals surface area contributed by atoms with Crippen LogP contribution in [0.15, 0.2) is 61.2 Å². The van der Waals surface area contributed by atoms with Gasteiger partial charge in [-0.15, -0.1) is 0 Å². The second kappa shape index (κ2) is 9.95. The number of aldehydes is 1. The first-order valence-electron chi connectivity index (χ1n) is 9.76. The van der Waals surface area contributed by atoms with Crippen molar-refractivity contribution in [3.63, 3.8) is 0 Å². The van der Waals surface area contributed by atoms with Crippen LogP contribution in [0.4, 0.5) is 11.5 Å². The van der Waals surface area contributed by atoms with Crippen molar-refractivity contribution in [1.29, 1.82) is 0 Å². The number of hydrogen-bond donors (Lipinski definition) is 3. The molecule has 1 amide bonds. The summed E-state index contributed by atoms with van der Waals surface area (Å²) in [5.41, 5.74) is 9.58. The molecular formula is C23H24ClN5O2. The van der Waals surface area contributed by atoms with Crippen LogP contribution in [0.5, 0.6) is 0 Å². The minimum atomic E-state index is -0.513. The maximum absolute atomic E-state index is 12.3. The molecule has 0 saturated carbocycles. The van der Waals surface area contributed by atoms with E-state index in [1.54, 1.807) is 12.1 Å². The summed E-state index contributed by atoms with van der Waals surface area (Å²) in [6, 6.07) is 15.4. The van der Waals surface area contributed by atoms with E-state index >= 15 is 0 Å². The number of nitrogens with one attached hydrogen (secondary N) is 2. The predicted molar refractivity (Wildman–Crippen MR) is 125 cm³/mol. The average Bonchev–Trinajstić information content (AvgIpc) is 3.19. The second-order valence-corrected chi connectivity index (χ2v) is 7.27. The highest BCUT2D eigenvalue weighted by Gasteiger charge is 2.31. The van der Waals surface area contributed by atoms with Gasteiger partial charge in [0.2, 0.25) is 0 Å². The van der Waals surface area contributed by atoms with Crippen LogP contribution in [0.25, 0.3) is 11.3 Å². The Labute approximate surface area is 185 Å². The number of anilines is 2. The number of carbonyl (C=O) groups excluding carboxylic acids is 2. The van der Waals surface area contributed by atoms with E-state index in [-0.39, 0.29) is 6.04 Å². The van der Waals surface area contributed by atoms with E-state index in [4.69, 9.17) is 27.2 Å². The Kier molecular flexibility index (Phi) is 7.10. The predicted octanol–water partition coefficient (Wildman–Crippen LogP) is 4.12. The molecule has 1 aliphatic rings. The fourth-order valence-electron chi connectivity index (χ4n) is 3.65. The summed E-state index contributed by atoms with van der Waals surface area (Å²) >= 11 is 6.14. The summed E-state index contributed by atoms with van der Waals surface area (Å²) in [5, 5.41) is 11.9. The maximum atomic E-state index is 12.3. The van der Waals surface area contributed by atoms with Crippen LogP contribution in [0, 0.1) is 0 Å². The third kappa shape index (κ3) is 4.62. The molecule has 4 rings (SSSR count). The SMILES string of the molecule is C=CC=O.CNc1ccccc1C1CCNc2c(C(N)=O)c(-c3cccc(Cl)c3)nn21. The summed E-state index contributed by atoms with van der Waals surface area (Å²) in [6.45, 7) is 3.84. The van der Waals surface area contributed by atoms with Gasteiger partial charge < -0.3 is 16.4 Å². The van der Waals surface area contributed by atoms with Gasteiger partial charge in [0, 0.05) is 29.9 Å². The third-order valence-corrected chi connectivity index (χ3v) is 5.18. The van der Waals surface area contributed by atoms with Crippen molar-refractivity contribution in [3.8, 4) is 11.3 Å². The van der Waals surface area contributed by atoms with Crippen LogP contribution in [0.1, 0.15) is 28.4 Å². The monoisotopic (exact) mass is 437 g/mol. The molecule has 0 radical (unpaired) electrons. The van der Waals surface area contributed by atoms with E-state index in [0.29, 0.717) is 28.4 Å². The molecule has 160 valence electrons. The van der Waals surface area contributed by atoms with Crippen LogP contribution in [0.2, 0.25) is 5.02 Å². The molecular weight excluding hydrogens is 414 g/mol. The number of benzene rings is 2. The molecule has 3 aromatic rings. The molecule has 1 atom stereocenters. The van der Waals surface area contributed by atoms with Crippen LogP contribution >= 0.6 is 11.6 Å². The Morgan fingerprint density at radius 1 is 1.32 bits per heavy atom. The normalized spacial score (nSPS) is 14.3. The standard InChI is InChI=1S/C20H20ClN5O.C3H4O/c1-23-15-8-3-2-7-14(15)16-9-10-24-20-17(19(22)27)18(25-26(16)20)12-5-4-6-13(21)11-12;1-2-3-4/h2-8,11,16,23-24H,9-10H2,1H3,(H2,22,27);2-3H,1H2. The summed E-state index contributed by atoms with van der Waals surface area (Å²) < 4.78 is 1.87. The average molecular weight is 438 g/mol. The summed E-state index contributed by atoms with van der Waals surface area (Å²) in [4.78, 5) is 21.3. The highest BCUT2D eigenvalue weighted by Crippen LogP contribution is 2.38. The van der Waals surface area contributed by atoms with Crippen LogP contribution in [-0.4, -0.2) is 35.6 Å². The Balaban J connectivity index is 0.000000628. The zero-order valence-electron chi connectivity index (χ0n) is 17.1. The van der Waals surface area contributed by atoms with E-state index in [9.17, 15) is 4.79 Å². The first-order valence-corrected chi connectivity index (χ1v) is 10.1. The topological polar surface area (TPSA) is 102 Å². The van der Waals surface area contributed by atoms with Gasteiger partial charge >= 0.3 is 0 Å². The molecule has 7 nitrogen and oxygen atoms in total. The Morgan fingerprint density at radius 3 is 2.71 bits per heavy atom. The third-order valence-electron chi connectivity index (χ3n) is 4.95. The van der Waals surface area contributed by atoms with E-state index in [1.165, 1.54) is 6.08 Å². The van der Waals surface area contributed by atoms with Gasteiger partial charge in [-0.1, -0.05) is 48.5 Å². The van der Waals surface area contributed by atoms with Crippen molar-refractivity contribution in [3.05, 3.63) is 77.3 Å². The van der Waals surface area contributed by atoms with Gasteiger partial charge in [-0.25, -0.2) is 4.68 Å². The lowest BCUT2D eigenvalue weighted by Crippen LogP contribution is -2.26. The zero-order valence-corrected chi connectivity index (χ0v) is 17.9. The lowest BCUT2D eigenvalue weighted by atomic mass is 10.00. The van der Waals surface area contributed by atoms with Gasteiger partial charge in [0.05, 0.1) is 6.04 Å². The van der Waals surface area contributed by atoms with E-state index in [1.807, 2.05) is 42.1 Å². The number of primary amides is 1. The fourth-order valence-corrected chi connectivity index (χ4v) is 3.84. The highest BCUT2D eigenvalue weighted by atomic mass is 35.5. The number of halogens is 1. The summed E-state index contributed by atoms with van der Waals surface area (Å²) in [5.74, 6) is 0.140. The number of carbonyl (C=O) groups is 2. The quantitative estimate of drug-likeness (QED) is 0.411. The molecule has 0 bridgehead atoms. The lowest BCUT2D eigenvalue weighted by molar-refractivity contribution is -0.104. The van der Waals surface area contributed by atoms with Gasteiger partial charge in [0.1, 0.15) is 23.4 Å². The Morgan fingerprint density at radius 2 is 2.06 bits per heavy atom. The first kappa shape index (κ1) is 22.1. The number of para-hydroxylation sites is 1. The fraction of sp³-hybridized carbons (Fsp3) is 0.174. The van der Waals surface area contributed by atoms with Gasteiger partial charge in [0.15, 0.2) is 0 Å². The molecule has 0 saturated heterocycles. The summed E-state index contributed by atoms with van der Waals surface area (Å²) in [7, 11) is 1.90. The number of fused-ring (bicyclic) bond motifs is 1. The lowest BCUT2D eigenvalue weighted by Gasteiger charge is -2.27. The number of amides is 1. The van der Waals surface area contributed by atoms with Gasteiger partial charge in [0.25, 0.3) is 5.91 Å². The van der Waals surface area contributed by atoms with Crippen molar-refractivity contribution in [2.75, 3.05) is 24.2 Å². The van der Waals surface area contributed by atoms with Crippen molar-refractivity contribution < 1.29 is 9.59 Å². The molecule has 0 aliphatic carbocycles. The number of nitrogens with two attached hydrogens (primary N) is 1. The molecule has 1 aromatic heterocycles. The molecule has 31 heavy (non-hydrogen) atoms. The zero-order chi connectivity index (χ0) is 22.4. The largest absolute Gasteiger partial charge is 0.388 e. The smallest absolute Gasteiger partial charge is 0.254 e. The second-order valence-electron chi connectivity index (χ2n) is 6.83. The van der Waals surface area contributed by atoms with E-state index in [0.717, 1.165) is 29.8 Å².